The van der Waals surface area contributed by atoms with Gasteiger partial charge in [-0.3, -0.25) is 0 Å². The van der Waals surface area contributed by atoms with Gasteiger partial charge in [0, 0.05) is 16.9 Å². The highest BCUT2D eigenvalue weighted by Crippen LogP contribution is 2.52. The third-order valence-electron chi connectivity index (χ3n) is 6.11. The molecule has 0 radical (unpaired) electrons. The maximum absolute atomic E-state index is 12.0. The van der Waals surface area contributed by atoms with Gasteiger partial charge in [0.05, 0.1) is 6.61 Å². The molecule has 0 aromatic rings. The standard InChI is InChI=1S/C20H28O3/c1-13(9-10-20(2,3)12-21)15-8-7-14-5-4-6-16-17(18(14)15)11-23-19(16)22/h6,9,12,14-15,17-18H,4-5,7-8,10-11H2,1-3H3. The van der Waals surface area contributed by atoms with Gasteiger partial charge < -0.3 is 9.53 Å². The topological polar surface area (TPSA) is 43.4 Å². The number of allylic oxidation sites excluding steroid dienone is 3. The number of cyclic esters (lactones) is 1. The zero-order chi connectivity index (χ0) is 16.6. The van der Waals surface area contributed by atoms with Crippen LogP contribution in [0.5, 0.6) is 0 Å². The van der Waals surface area contributed by atoms with Gasteiger partial charge in [-0.1, -0.05) is 31.6 Å². The minimum Gasteiger partial charge on any atom is -0.462 e. The molecule has 126 valence electrons. The predicted octanol–water partition coefficient (Wildman–Crippen LogP) is 4.08. The molecule has 3 heteroatoms. The lowest BCUT2D eigenvalue weighted by molar-refractivity contribution is -0.135. The van der Waals surface area contributed by atoms with Crippen LogP contribution in [0, 0.1) is 29.1 Å². The van der Waals surface area contributed by atoms with Crippen molar-refractivity contribution in [3.05, 3.63) is 23.3 Å². The van der Waals surface area contributed by atoms with Crippen molar-refractivity contribution in [3.63, 3.8) is 0 Å². The van der Waals surface area contributed by atoms with E-state index in [-0.39, 0.29) is 17.3 Å². The molecule has 1 saturated carbocycles. The predicted molar refractivity (Wildman–Crippen MR) is 89.7 cm³/mol. The zero-order valence-corrected chi connectivity index (χ0v) is 14.5. The fraction of sp³-hybridized carbons (Fsp3) is 0.700. The minimum atomic E-state index is -0.291. The van der Waals surface area contributed by atoms with Crippen LogP contribution in [0.2, 0.25) is 0 Å². The normalized spacial score (nSPS) is 34.3. The summed E-state index contributed by atoms with van der Waals surface area (Å²) in [5, 5.41) is 0. The molecule has 23 heavy (non-hydrogen) atoms. The molecular weight excluding hydrogens is 288 g/mol. The number of rotatable bonds is 4. The van der Waals surface area contributed by atoms with Crippen molar-refractivity contribution in [1.29, 1.82) is 0 Å². The fourth-order valence-electron chi connectivity index (χ4n) is 4.70. The van der Waals surface area contributed by atoms with Gasteiger partial charge in [0.25, 0.3) is 0 Å². The summed E-state index contributed by atoms with van der Waals surface area (Å²) in [5.74, 6) is 1.96. The lowest BCUT2D eigenvalue weighted by atomic mass is 9.74. The Hall–Kier alpha value is -1.38. The number of ether oxygens (including phenoxy) is 1. The van der Waals surface area contributed by atoms with E-state index in [2.05, 4.69) is 19.1 Å². The van der Waals surface area contributed by atoms with Crippen LogP contribution in [0.1, 0.15) is 52.9 Å². The summed E-state index contributed by atoms with van der Waals surface area (Å²) in [5.41, 5.74) is 2.04. The molecule has 0 N–H and O–H groups in total. The Morgan fingerprint density at radius 3 is 2.87 bits per heavy atom. The Bertz CT molecular complexity index is 555. The van der Waals surface area contributed by atoms with Gasteiger partial charge in [-0.2, -0.15) is 0 Å². The monoisotopic (exact) mass is 316 g/mol. The smallest absolute Gasteiger partial charge is 0.334 e. The van der Waals surface area contributed by atoms with Crippen LogP contribution in [-0.4, -0.2) is 18.9 Å². The Morgan fingerprint density at radius 1 is 1.35 bits per heavy atom. The molecule has 4 atom stereocenters. The highest BCUT2D eigenvalue weighted by molar-refractivity contribution is 5.91. The summed E-state index contributed by atoms with van der Waals surface area (Å²) < 4.78 is 5.35. The molecule has 0 amide bonds. The molecule has 1 heterocycles. The molecule has 3 rings (SSSR count). The number of hydrogen-bond donors (Lipinski definition) is 0. The molecule has 2 fully saturated rings. The molecule has 1 saturated heterocycles. The van der Waals surface area contributed by atoms with Crippen LogP contribution >= 0.6 is 0 Å². The van der Waals surface area contributed by atoms with Gasteiger partial charge in [0.15, 0.2) is 0 Å². The summed E-state index contributed by atoms with van der Waals surface area (Å²) in [4.78, 5) is 23.1. The van der Waals surface area contributed by atoms with Crippen LogP contribution < -0.4 is 0 Å². The van der Waals surface area contributed by atoms with E-state index in [1.165, 1.54) is 24.8 Å². The van der Waals surface area contributed by atoms with Gasteiger partial charge >= 0.3 is 5.97 Å². The van der Waals surface area contributed by atoms with E-state index in [0.717, 1.165) is 24.7 Å². The van der Waals surface area contributed by atoms with Crippen molar-refractivity contribution in [2.75, 3.05) is 6.61 Å². The Labute approximate surface area is 139 Å². The van der Waals surface area contributed by atoms with E-state index in [4.69, 9.17) is 4.74 Å². The molecule has 0 bridgehead atoms. The van der Waals surface area contributed by atoms with Gasteiger partial charge in [-0.05, 0) is 56.8 Å². The van der Waals surface area contributed by atoms with Gasteiger partial charge in [0.1, 0.15) is 6.29 Å². The summed E-state index contributed by atoms with van der Waals surface area (Å²) in [6.45, 7) is 6.74. The van der Waals surface area contributed by atoms with E-state index in [1.54, 1.807) is 0 Å². The van der Waals surface area contributed by atoms with Crippen molar-refractivity contribution in [1.82, 2.24) is 0 Å². The Kier molecular flexibility index (Phi) is 4.48. The lowest BCUT2D eigenvalue weighted by Gasteiger charge is -2.29. The number of carbonyl (C=O) groups excluding carboxylic acids is 2. The van der Waals surface area contributed by atoms with Crippen molar-refractivity contribution < 1.29 is 14.3 Å². The molecule has 2 aliphatic carbocycles. The minimum absolute atomic E-state index is 0.0926. The van der Waals surface area contributed by atoms with Crippen LogP contribution in [0.3, 0.4) is 0 Å². The first-order valence-electron chi connectivity index (χ1n) is 8.93. The van der Waals surface area contributed by atoms with E-state index in [1.807, 2.05) is 13.8 Å². The maximum Gasteiger partial charge on any atom is 0.334 e. The summed E-state index contributed by atoms with van der Waals surface area (Å²) >= 11 is 0. The van der Waals surface area contributed by atoms with E-state index in [0.29, 0.717) is 24.4 Å². The van der Waals surface area contributed by atoms with Gasteiger partial charge in [-0.15, -0.1) is 0 Å². The zero-order valence-electron chi connectivity index (χ0n) is 14.5. The van der Waals surface area contributed by atoms with Crippen molar-refractivity contribution in [2.45, 2.75) is 52.9 Å². The summed E-state index contributed by atoms with van der Waals surface area (Å²) in [7, 11) is 0. The number of carbonyl (C=O) groups is 2. The Morgan fingerprint density at radius 2 is 2.13 bits per heavy atom. The third kappa shape index (κ3) is 3.15. The van der Waals surface area contributed by atoms with Crippen LogP contribution in [-0.2, 0) is 14.3 Å². The van der Waals surface area contributed by atoms with Crippen LogP contribution in [0.4, 0.5) is 0 Å². The number of hydrogen-bond acceptors (Lipinski definition) is 3. The van der Waals surface area contributed by atoms with Crippen molar-refractivity contribution in [3.8, 4) is 0 Å². The van der Waals surface area contributed by atoms with E-state index >= 15 is 0 Å². The third-order valence-corrected chi connectivity index (χ3v) is 6.11. The van der Waals surface area contributed by atoms with Crippen molar-refractivity contribution >= 4 is 12.3 Å². The maximum atomic E-state index is 12.0. The SMILES string of the molecule is CC(=CCC(C)(C)C=O)C1CCC2CCC=C3C(=O)OCC3C21. The molecule has 4 unspecified atom stereocenters. The highest BCUT2D eigenvalue weighted by Gasteiger charge is 2.47. The second-order valence-electron chi connectivity index (χ2n) is 8.22. The second kappa shape index (κ2) is 6.26. The average molecular weight is 316 g/mol. The molecule has 0 aromatic carbocycles. The number of esters is 1. The molecule has 1 aliphatic heterocycles. The summed E-state index contributed by atoms with van der Waals surface area (Å²) in [6.07, 6.45) is 10.9. The first kappa shape index (κ1) is 16.5. The van der Waals surface area contributed by atoms with Crippen LogP contribution in [0.15, 0.2) is 23.3 Å². The fourth-order valence-corrected chi connectivity index (χ4v) is 4.70. The number of aldehydes is 1. The largest absolute Gasteiger partial charge is 0.462 e. The highest BCUT2D eigenvalue weighted by atomic mass is 16.5. The lowest BCUT2D eigenvalue weighted by Crippen LogP contribution is -2.26. The number of fused-ring (bicyclic) bond motifs is 3. The molecular formula is C20H28O3. The Balaban J connectivity index is 1.81. The first-order valence-corrected chi connectivity index (χ1v) is 8.93. The quantitative estimate of drug-likeness (QED) is 0.446. The van der Waals surface area contributed by atoms with Gasteiger partial charge in [0.2, 0.25) is 0 Å². The average Bonchev–Trinajstić information content (AvgIpc) is 3.04. The molecule has 0 aromatic heterocycles. The first-order chi connectivity index (χ1) is 10.9. The van der Waals surface area contributed by atoms with Crippen molar-refractivity contribution in [2.24, 2.45) is 29.1 Å². The summed E-state index contributed by atoms with van der Waals surface area (Å²) in [6, 6.07) is 0. The van der Waals surface area contributed by atoms with E-state index in [9.17, 15) is 9.59 Å². The van der Waals surface area contributed by atoms with E-state index < -0.39 is 0 Å². The molecule has 3 nitrogen and oxygen atoms in total. The van der Waals surface area contributed by atoms with Crippen LogP contribution in [0.25, 0.3) is 0 Å². The van der Waals surface area contributed by atoms with Gasteiger partial charge in [-0.25, -0.2) is 4.79 Å². The molecule has 0 spiro atoms. The second-order valence-corrected chi connectivity index (χ2v) is 8.22. The molecule has 3 aliphatic rings.